The predicted molar refractivity (Wildman–Crippen MR) is 66.5 cm³/mol. The van der Waals surface area contributed by atoms with E-state index in [2.05, 4.69) is 0 Å². The SMILES string of the molecule is CC(=O)Oc1cccc(C=C(Cl)C(=O)O)c1.Cl. The van der Waals surface area contributed by atoms with Crippen LogP contribution in [-0.4, -0.2) is 17.0 Å². The Bertz CT molecular complexity index is 455. The minimum atomic E-state index is -1.21. The van der Waals surface area contributed by atoms with Gasteiger partial charge in [0.25, 0.3) is 0 Å². The summed E-state index contributed by atoms with van der Waals surface area (Å²) in [6.45, 7) is 1.28. The average molecular weight is 277 g/mol. The molecule has 1 aromatic rings. The first-order valence-corrected chi connectivity index (χ1v) is 4.76. The Morgan fingerprint density at radius 3 is 2.59 bits per heavy atom. The minimum absolute atomic E-state index is 0. The smallest absolute Gasteiger partial charge is 0.347 e. The molecule has 0 amide bonds. The molecule has 0 aliphatic carbocycles. The molecule has 17 heavy (non-hydrogen) atoms. The van der Waals surface area contributed by atoms with Crippen molar-refractivity contribution in [3.63, 3.8) is 0 Å². The lowest BCUT2D eigenvalue weighted by molar-refractivity contribution is -0.132. The van der Waals surface area contributed by atoms with E-state index in [1.54, 1.807) is 18.2 Å². The molecule has 0 aliphatic heterocycles. The van der Waals surface area contributed by atoms with E-state index in [4.69, 9.17) is 21.4 Å². The van der Waals surface area contributed by atoms with Gasteiger partial charge in [0.1, 0.15) is 10.8 Å². The second-order valence-corrected chi connectivity index (χ2v) is 3.37. The summed E-state index contributed by atoms with van der Waals surface area (Å²) in [6.07, 6.45) is 1.27. The molecule has 0 fully saturated rings. The zero-order valence-corrected chi connectivity index (χ0v) is 10.4. The molecule has 0 radical (unpaired) electrons. The van der Waals surface area contributed by atoms with E-state index < -0.39 is 11.9 Å². The molecule has 4 nitrogen and oxygen atoms in total. The fraction of sp³-hybridized carbons (Fsp3) is 0.0909. The van der Waals surface area contributed by atoms with Crippen LogP contribution in [-0.2, 0) is 9.59 Å². The number of carboxylic acids is 1. The van der Waals surface area contributed by atoms with Crippen LogP contribution >= 0.6 is 24.0 Å². The third-order valence-electron chi connectivity index (χ3n) is 1.62. The number of benzene rings is 1. The van der Waals surface area contributed by atoms with Gasteiger partial charge in [-0.05, 0) is 23.8 Å². The van der Waals surface area contributed by atoms with Crippen molar-refractivity contribution < 1.29 is 19.4 Å². The molecule has 1 aromatic carbocycles. The van der Waals surface area contributed by atoms with Gasteiger partial charge in [-0.25, -0.2) is 4.79 Å². The van der Waals surface area contributed by atoms with Gasteiger partial charge >= 0.3 is 11.9 Å². The summed E-state index contributed by atoms with van der Waals surface area (Å²) in [5.41, 5.74) is 0.547. The summed E-state index contributed by atoms with van der Waals surface area (Å²) in [6, 6.07) is 6.40. The molecule has 0 bridgehead atoms. The summed E-state index contributed by atoms with van der Waals surface area (Å²) < 4.78 is 4.84. The molecule has 0 spiro atoms. The minimum Gasteiger partial charge on any atom is -0.477 e. The van der Waals surface area contributed by atoms with Crippen LogP contribution in [0, 0.1) is 0 Å². The second-order valence-electron chi connectivity index (χ2n) is 2.96. The van der Waals surface area contributed by atoms with Crippen LogP contribution in [0.2, 0.25) is 0 Å². The first-order chi connectivity index (χ1) is 7.49. The lowest BCUT2D eigenvalue weighted by Crippen LogP contribution is -2.01. The van der Waals surface area contributed by atoms with E-state index in [-0.39, 0.29) is 17.4 Å². The number of carbonyl (C=O) groups is 2. The molecule has 0 aliphatic rings. The van der Waals surface area contributed by atoms with Crippen LogP contribution in [0.3, 0.4) is 0 Å². The first-order valence-electron chi connectivity index (χ1n) is 4.38. The van der Waals surface area contributed by atoms with Gasteiger partial charge in [-0.3, -0.25) is 4.79 Å². The fourth-order valence-electron chi connectivity index (χ4n) is 1.04. The van der Waals surface area contributed by atoms with Crippen LogP contribution in [0.15, 0.2) is 29.3 Å². The first kappa shape index (κ1) is 15.5. The number of carbonyl (C=O) groups excluding carboxylic acids is 1. The Morgan fingerprint density at radius 1 is 1.41 bits per heavy atom. The highest BCUT2D eigenvalue weighted by molar-refractivity contribution is 6.42. The summed E-state index contributed by atoms with van der Waals surface area (Å²) >= 11 is 5.46. The Balaban J connectivity index is 0.00000256. The van der Waals surface area contributed by atoms with Crippen LogP contribution in [0.5, 0.6) is 5.75 Å². The van der Waals surface area contributed by atoms with Gasteiger partial charge in [-0.15, -0.1) is 12.4 Å². The fourth-order valence-corrected chi connectivity index (χ4v) is 1.17. The van der Waals surface area contributed by atoms with Gasteiger partial charge in [0.15, 0.2) is 0 Å². The zero-order valence-electron chi connectivity index (χ0n) is 8.84. The van der Waals surface area contributed by atoms with Gasteiger partial charge in [0.05, 0.1) is 0 Å². The number of ether oxygens (including phenoxy) is 1. The molecule has 0 atom stereocenters. The number of aliphatic carboxylic acids is 1. The third-order valence-corrected chi connectivity index (χ3v) is 1.89. The third kappa shape index (κ3) is 5.38. The number of hydrogen-bond acceptors (Lipinski definition) is 3. The lowest BCUT2D eigenvalue weighted by atomic mass is 10.2. The highest BCUT2D eigenvalue weighted by atomic mass is 35.5. The quantitative estimate of drug-likeness (QED) is 0.524. The molecule has 6 heteroatoms. The van der Waals surface area contributed by atoms with Crippen molar-refractivity contribution in [3.8, 4) is 5.75 Å². The van der Waals surface area contributed by atoms with Crippen LogP contribution in [0.1, 0.15) is 12.5 Å². The van der Waals surface area contributed by atoms with Crippen molar-refractivity contribution in [3.05, 3.63) is 34.9 Å². The largest absolute Gasteiger partial charge is 0.477 e. The molecular weight excluding hydrogens is 267 g/mol. The van der Waals surface area contributed by atoms with Crippen molar-refractivity contribution in [2.45, 2.75) is 6.92 Å². The Labute approximate surface area is 109 Å². The molecule has 0 aromatic heterocycles. The maximum Gasteiger partial charge on any atom is 0.347 e. The Hall–Kier alpha value is -1.52. The predicted octanol–water partition coefficient (Wildman–Crippen LogP) is 2.70. The Morgan fingerprint density at radius 2 is 2.06 bits per heavy atom. The van der Waals surface area contributed by atoms with Crippen LogP contribution in [0.4, 0.5) is 0 Å². The summed E-state index contributed by atoms with van der Waals surface area (Å²) in [5.74, 6) is -1.30. The Kier molecular flexibility index (Phi) is 6.31. The topological polar surface area (TPSA) is 63.6 Å². The van der Waals surface area contributed by atoms with Crippen LogP contribution < -0.4 is 4.74 Å². The molecule has 0 heterocycles. The normalized spacial score (nSPS) is 10.4. The van der Waals surface area contributed by atoms with Gasteiger partial charge in [-0.2, -0.15) is 0 Å². The van der Waals surface area contributed by atoms with Crippen LogP contribution in [0.25, 0.3) is 6.08 Å². The average Bonchev–Trinajstić information content (AvgIpc) is 2.16. The van der Waals surface area contributed by atoms with E-state index in [9.17, 15) is 9.59 Å². The molecule has 1 rings (SSSR count). The number of rotatable bonds is 3. The summed E-state index contributed by atoms with van der Waals surface area (Å²) in [7, 11) is 0. The summed E-state index contributed by atoms with van der Waals surface area (Å²) in [4.78, 5) is 21.2. The maximum absolute atomic E-state index is 10.7. The molecule has 0 saturated carbocycles. The van der Waals surface area contributed by atoms with Crippen molar-refractivity contribution in [2.75, 3.05) is 0 Å². The van der Waals surface area contributed by atoms with E-state index in [0.29, 0.717) is 11.3 Å². The van der Waals surface area contributed by atoms with Gasteiger partial charge in [-0.1, -0.05) is 23.7 Å². The van der Waals surface area contributed by atoms with Gasteiger partial charge in [0.2, 0.25) is 0 Å². The highest BCUT2D eigenvalue weighted by Crippen LogP contribution is 2.17. The van der Waals surface area contributed by atoms with Crippen molar-refractivity contribution >= 4 is 42.0 Å². The van der Waals surface area contributed by atoms with Gasteiger partial charge < -0.3 is 9.84 Å². The van der Waals surface area contributed by atoms with E-state index >= 15 is 0 Å². The van der Waals surface area contributed by atoms with E-state index in [1.165, 1.54) is 19.1 Å². The highest BCUT2D eigenvalue weighted by Gasteiger charge is 2.04. The molecular formula is C11H10Cl2O4. The van der Waals surface area contributed by atoms with E-state index in [0.717, 1.165) is 0 Å². The van der Waals surface area contributed by atoms with Gasteiger partial charge in [0, 0.05) is 6.92 Å². The molecule has 1 N–H and O–H groups in total. The number of hydrogen-bond donors (Lipinski definition) is 1. The van der Waals surface area contributed by atoms with Crippen molar-refractivity contribution in [1.82, 2.24) is 0 Å². The standard InChI is InChI=1S/C11H9ClO4.ClH/c1-7(13)16-9-4-2-3-8(5-9)6-10(12)11(14)15;/h2-6H,1H3,(H,14,15);1H. The number of esters is 1. The molecule has 0 unspecified atom stereocenters. The summed E-state index contributed by atoms with van der Waals surface area (Å²) in [5, 5.41) is 8.27. The van der Waals surface area contributed by atoms with Crippen molar-refractivity contribution in [2.24, 2.45) is 0 Å². The molecule has 0 saturated heterocycles. The van der Waals surface area contributed by atoms with Crippen molar-refractivity contribution in [1.29, 1.82) is 0 Å². The zero-order chi connectivity index (χ0) is 12.1. The number of carboxylic acid groups (broad SMARTS) is 1. The number of halogens is 2. The van der Waals surface area contributed by atoms with E-state index in [1.807, 2.05) is 0 Å². The second kappa shape index (κ2) is 6.93. The maximum atomic E-state index is 10.7. The monoisotopic (exact) mass is 276 g/mol. The molecule has 92 valence electrons. The lowest BCUT2D eigenvalue weighted by Gasteiger charge is -2.01.